The largest absolute Gasteiger partial charge is 0.453 e. The Morgan fingerprint density at radius 2 is 1.79 bits per heavy atom. The van der Waals surface area contributed by atoms with Gasteiger partial charge in [0.2, 0.25) is 6.04 Å². The number of halogens is 2. The molecule has 4 amide bonds. The number of hydrogen-bond donors (Lipinski definition) is 4. The third-order valence-electron chi connectivity index (χ3n) is 6.64. The van der Waals surface area contributed by atoms with E-state index < -0.39 is 41.6 Å². The average Bonchev–Trinajstić information content (AvgIpc) is 3.37. The molecule has 1 unspecified atom stereocenters. The van der Waals surface area contributed by atoms with Gasteiger partial charge in [-0.25, -0.2) is 28.5 Å². The second-order valence-electron chi connectivity index (χ2n) is 10.1. The van der Waals surface area contributed by atoms with Crippen molar-refractivity contribution in [1.82, 2.24) is 20.2 Å². The van der Waals surface area contributed by atoms with E-state index in [1.54, 1.807) is 20.8 Å². The number of aliphatic hydroxyl groups excluding tert-OH is 1. The van der Waals surface area contributed by atoms with E-state index in [4.69, 9.17) is 10.5 Å². The highest BCUT2D eigenvalue weighted by Gasteiger charge is 2.49. The van der Waals surface area contributed by atoms with Crippen molar-refractivity contribution in [2.24, 2.45) is 5.73 Å². The van der Waals surface area contributed by atoms with Gasteiger partial charge in [0.25, 0.3) is 11.8 Å². The number of carbonyl (C=O) groups is 3. The Kier molecular flexibility index (Phi) is 7.82. The van der Waals surface area contributed by atoms with Crippen LogP contribution in [0.2, 0.25) is 0 Å². The van der Waals surface area contributed by atoms with E-state index >= 15 is 4.39 Å². The molecule has 2 atom stereocenters. The molecule has 15 heteroatoms. The van der Waals surface area contributed by atoms with Crippen LogP contribution in [0.1, 0.15) is 20.8 Å². The molecule has 0 bridgehead atoms. The van der Waals surface area contributed by atoms with Crippen LogP contribution in [-0.4, -0.2) is 67.9 Å². The Morgan fingerprint density at radius 3 is 2.42 bits per heavy atom. The molecule has 13 nitrogen and oxygen atoms in total. The predicted octanol–water partition coefficient (Wildman–Crippen LogP) is 3.27. The number of nitrogens with zero attached hydrogens (tertiary/aromatic N) is 5. The molecule has 224 valence electrons. The number of benzene rings is 2. The second-order valence-corrected chi connectivity index (χ2v) is 10.1. The van der Waals surface area contributed by atoms with Gasteiger partial charge < -0.3 is 20.9 Å². The summed E-state index contributed by atoms with van der Waals surface area (Å²) >= 11 is 0. The number of aromatic amines is 1. The highest BCUT2D eigenvalue weighted by atomic mass is 19.1. The molecule has 1 aliphatic heterocycles. The number of hydrazine groups is 1. The number of nitrogens with one attached hydrogen (secondary N) is 2. The fourth-order valence-corrected chi connectivity index (χ4v) is 4.68. The molecule has 5 N–H and O–H groups in total. The van der Waals surface area contributed by atoms with Crippen LogP contribution in [0.25, 0.3) is 11.0 Å². The van der Waals surface area contributed by atoms with Crippen LogP contribution in [0.15, 0.2) is 54.7 Å². The fourth-order valence-electron chi connectivity index (χ4n) is 4.68. The van der Waals surface area contributed by atoms with E-state index in [1.165, 1.54) is 36.5 Å². The first-order chi connectivity index (χ1) is 20.5. The molecule has 2 aromatic carbocycles. The number of nitrogens with two attached hydrogens (primary N) is 1. The van der Waals surface area contributed by atoms with E-state index in [0.29, 0.717) is 16.9 Å². The number of fused-ring (bicyclic) bond motifs is 1. The third kappa shape index (κ3) is 5.37. The van der Waals surface area contributed by atoms with Crippen LogP contribution in [0.4, 0.5) is 30.8 Å². The molecule has 4 aromatic rings. The van der Waals surface area contributed by atoms with Crippen LogP contribution in [0.5, 0.6) is 11.5 Å². The zero-order chi connectivity index (χ0) is 31.0. The maximum Gasteiger partial charge on any atom is 0.350 e. The Bertz CT molecular complexity index is 1700. The number of aromatic nitrogens is 3. The zero-order valence-corrected chi connectivity index (χ0v) is 23.3. The lowest BCUT2D eigenvalue weighted by Gasteiger charge is -2.48. The van der Waals surface area contributed by atoms with Gasteiger partial charge in [0.05, 0.1) is 18.0 Å². The number of H-pyrrole nitrogens is 1. The highest BCUT2D eigenvalue weighted by Crippen LogP contribution is 2.37. The number of imide groups is 1. The summed E-state index contributed by atoms with van der Waals surface area (Å²) in [5.41, 5.74) is 6.02. The number of amides is 4. The van der Waals surface area contributed by atoms with Crippen LogP contribution < -0.4 is 25.7 Å². The molecule has 3 heterocycles. The molecule has 1 fully saturated rings. The van der Waals surface area contributed by atoms with Crippen molar-refractivity contribution in [3.8, 4) is 11.5 Å². The minimum atomic E-state index is -1.73. The van der Waals surface area contributed by atoms with Crippen LogP contribution in [0.3, 0.4) is 0 Å². The summed E-state index contributed by atoms with van der Waals surface area (Å²) in [6.07, 6.45) is 1.44. The first kappa shape index (κ1) is 29.2. The molecule has 1 aliphatic rings. The summed E-state index contributed by atoms with van der Waals surface area (Å²) in [5.74, 6) is -3.21. The number of urea groups is 1. The van der Waals surface area contributed by atoms with Gasteiger partial charge in [0.1, 0.15) is 17.0 Å². The molecule has 43 heavy (non-hydrogen) atoms. The van der Waals surface area contributed by atoms with Crippen LogP contribution >= 0.6 is 0 Å². The van der Waals surface area contributed by atoms with Crippen molar-refractivity contribution in [2.75, 3.05) is 21.8 Å². The monoisotopic (exact) mass is 594 g/mol. The first-order valence-electron chi connectivity index (χ1n) is 13.2. The van der Waals surface area contributed by atoms with Gasteiger partial charge in [-0.1, -0.05) is 0 Å². The predicted molar refractivity (Wildman–Crippen MR) is 152 cm³/mol. The van der Waals surface area contributed by atoms with Crippen molar-refractivity contribution in [3.63, 3.8) is 0 Å². The number of hydrogen-bond acceptors (Lipinski definition) is 9. The summed E-state index contributed by atoms with van der Waals surface area (Å²) < 4.78 is 35.1. The maximum atomic E-state index is 15.6. The molecule has 5 rings (SSSR count). The molecule has 2 aromatic heterocycles. The standard InChI is InChI=1S/C28H28F2N8O5/c1-14(2)37-28(42)36(17-6-4-16(29)5-7-17)27(41)23(24(31)40)38(37)18-8-9-20(19(30)12-18)43-21-10-11-32-25-22(21)26(35-34-25)33-15(3)13-39/h4-12,14-15,23,39H,13H2,1-3H3,(H2,31,40)(H2,32,33,34,35)/t15?,23-/m0/s1. The molecule has 0 spiro atoms. The van der Waals surface area contributed by atoms with Gasteiger partial charge in [0, 0.05) is 30.4 Å². The Labute approximate surface area is 243 Å². The zero-order valence-electron chi connectivity index (χ0n) is 23.3. The number of primary amides is 1. The molecule has 0 radical (unpaired) electrons. The minimum Gasteiger partial charge on any atom is -0.453 e. The fraction of sp³-hybridized carbons (Fsp3) is 0.250. The van der Waals surface area contributed by atoms with E-state index in [9.17, 15) is 23.9 Å². The van der Waals surface area contributed by atoms with Crippen LogP contribution in [0, 0.1) is 11.6 Å². The van der Waals surface area contributed by atoms with Crippen LogP contribution in [-0.2, 0) is 9.59 Å². The number of ether oxygens (including phenoxy) is 1. The quantitative estimate of drug-likeness (QED) is 0.212. The smallest absolute Gasteiger partial charge is 0.350 e. The van der Waals surface area contributed by atoms with Gasteiger partial charge in [0.15, 0.2) is 23.0 Å². The summed E-state index contributed by atoms with van der Waals surface area (Å²) in [6, 6.07) is 6.22. The lowest BCUT2D eigenvalue weighted by Crippen LogP contribution is -2.72. The van der Waals surface area contributed by atoms with E-state index in [0.717, 1.165) is 33.1 Å². The lowest BCUT2D eigenvalue weighted by atomic mass is 10.1. The minimum absolute atomic E-state index is 0.0230. The first-order valence-corrected chi connectivity index (χ1v) is 13.2. The number of aliphatic hydroxyl groups is 1. The number of rotatable bonds is 9. The molecule has 0 aliphatic carbocycles. The van der Waals surface area contributed by atoms with Gasteiger partial charge in [-0.05, 0) is 57.2 Å². The number of carbonyl (C=O) groups excluding carboxylic acids is 3. The lowest BCUT2D eigenvalue weighted by molar-refractivity contribution is -0.130. The molecule has 0 saturated carbocycles. The SMILES string of the molecule is CC(CO)Nc1n[nH]c2nccc(Oc3ccc(N4[C@@H](C(N)=O)C(=O)N(c5ccc(F)cc5)C(=O)N4C(C)C)cc3F)c12. The summed E-state index contributed by atoms with van der Waals surface area (Å²) in [4.78, 5) is 44.7. The van der Waals surface area contributed by atoms with Gasteiger partial charge >= 0.3 is 6.03 Å². The van der Waals surface area contributed by atoms with Crippen molar-refractivity contribution >= 4 is 46.1 Å². The van der Waals surface area contributed by atoms with E-state index in [2.05, 4.69) is 20.5 Å². The van der Waals surface area contributed by atoms with Gasteiger partial charge in [-0.15, -0.1) is 0 Å². The van der Waals surface area contributed by atoms with Gasteiger partial charge in [-0.3, -0.25) is 19.7 Å². The summed E-state index contributed by atoms with van der Waals surface area (Å²) in [7, 11) is 0. The molecular formula is C28H28F2N8O5. The average molecular weight is 595 g/mol. The Hall–Kier alpha value is -5.31. The normalized spacial score (nSPS) is 16.3. The number of anilines is 3. The second kappa shape index (κ2) is 11.5. The maximum absolute atomic E-state index is 15.6. The van der Waals surface area contributed by atoms with Crippen molar-refractivity contribution in [3.05, 3.63) is 66.4 Å². The summed E-state index contributed by atoms with van der Waals surface area (Å²) in [5, 5.41) is 21.9. The molecular weight excluding hydrogens is 566 g/mol. The van der Waals surface area contributed by atoms with Crippen molar-refractivity contribution in [2.45, 2.75) is 38.9 Å². The summed E-state index contributed by atoms with van der Waals surface area (Å²) in [6.45, 7) is 4.85. The number of pyridine rings is 1. The molecule has 1 saturated heterocycles. The highest BCUT2D eigenvalue weighted by molar-refractivity contribution is 6.25. The van der Waals surface area contributed by atoms with E-state index in [-0.39, 0.29) is 35.5 Å². The Morgan fingerprint density at radius 1 is 1.09 bits per heavy atom. The third-order valence-corrected chi connectivity index (χ3v) is 6.64. The van der Waals surface area contributed by atoms with Gasteiger partial charge in [-0.2, -0.15) is 5.10 Å². The Balaban J connectivity index is 1.52. The van der Waals surface area contributed by atoms with E-state index in [1.807, 2.05) is 0 Å². The van der Waals surface area contributed by atoms with Crippen molar-refractivity contribution in [1.29, 1.82) is 0 Å². The topological polar surface area (TPSA) is 170 Å². The van der Waals surface area contributed by atoms with Crippen molar-refractivity contribution < 1.29 is 33.0 Å².